The van der Waals surface area contributed by atoms with Crippen molar-refractivity contribution < 1.29 is 19.1 Å². The second-order valence-corrected chi connectivity index (χ2v) is 7.71. The SMILES string of the molecule is C=CCNC(=O)[C@H](NC(=O)c1cccc(OC)c1)C1CCN(C(=O)c2ccccc2)CC1. The molecule has 1 saturated heterocycles. The van der Waals surface area contributed by atoms with Crippen LogP contribution in [0.15, 0.2) is 67.3 Å². The normalized spacial score (nSPS) is 14.8. The number of ether oxygens (including phenoxy) is 1. The molecule has 7 heteroatoms. The quantitative estimate of drug-likeness (QED) is 0.624. The minimum absolute atomic E-state index is 0.0166. The first-order valence-corrected chi connectivity index (χ1v) is 10.7. The smallest absolute Gasteiger partial charge is 0.253 e. The number of likely N-dealkylation sites (tertiary alicyclic amines) is 1. The molecule has 3 amide bonds. The predicted octanol–water partition coefficient (Wildman–Crippen LogP) is 2.65. The van der Waals surface area contributed by atoms with Gasteiger partial charge in [0.2, 0.25) is 5.91 Å². The number of nitrogens with one attached hydrogen (secondary N) is 2. The van der Waals surface area contributed by atoms with E-state index in [2.05, 4.69) is 17.2 Å². The topological polar surface area (TPSA) is 87.7 Å². The number of hydrogen-bond donors (Lipinski definition) is 2. The Morgan fingerprint density at radius 1 is 1.09 bits per heavy atom. The fourth-order valence-electron chi connectivity index (χ4n) is 3.87. The van der Waals surface area contributed by atoms with Gasteiger partial charge in [0, 0.05) is 30.8 Å². The molecule has 2 aromatic rings. The van der Waals surface area contributed by atoms with Crippen molar-refractivity contribution >= 4 is 17.7 Å². The Bertz CT molecular complexity index is 953. The molecule has 1 aliphatic heterocycles. The third-order valence-corrected chi connectivity index (χ3v) is 5.64. The Labute approximate surface area is 188 Å². The number of amides is 3. The van der Waals surface area contributed by atoms with Crippen molar-refractivity contribution in [3.05, 3.63) is 78.4 Å². The maximum absolute atomic E-state index is 12.9. The average Bonchev–Trinajstić information content (AvgIpc) is 2.86. The van der Waals surface area contributed by atoms with Gasteiger partial charge in [-0.15, -0.1) is 6.58 Å². The second-order valence-electron chi connectivity index (χ2n) is 7.71. The van der Waals surface area contributed by atoms with Gasteiger partial charge < -0.3 is 20.3 Å². The van der Waals surface area contributed by atoms with Crippen molar-refractivity contribution in [2.45, 2.75) is 18.9 Å². The molecule has 32 heavy (non-hydrogen) atoms. The summed E-state index contributed by atoms with van der Waals surface area (Å²) < 4.78 is 5.19. The Hall–Kier alpha value is -3.61. The van der Waals surface area contributed by atoms with Crippen molar-refractivity contribution in [1.82, 2.24) is 15.5 Å². The lowest BCUT2D eigenvalue weighted by molar-refractivity contribution is -0.124. The van der Waals surface area contributed by atoms with Crippen molar-refractivity contribution in [1.29, 1.82) is 0 Å². The lowest BCUT2D eigenvalue weighted by Gasteiger charge is -2.35. The summed E-state index contributed by atoms with van der Waals surface area (Å²) >= 11 is 0. The molecule has 0 radical (unpaired) electrons. The van der Waals surface area contributed by atoms with Crippen LogP contribution in [0.5, 0.6) is 5.75 Å². The highest BCUT2D eigenvalue weighted by Crippen LogP contribution is 2.23. The highest BCUT2D eigenvalue weighted by Gasteiger charge is 2.34. The molecule has 0 bridgehead atoms. The maximum Gasteiger partial charge on any atom is 0.253 e. The molecular formula is C25H29N3O4. The van der Waals surface area contributed by atoms with Gasteiger partial charge in [0.1, 0.15) is 11.8 Å². The summed E-state index contributed by atoms with van der Waals surface area (Å²) in [5.74, 6) is -0.135. The van der Waals surface area contributed by atoms with Gasteiger partial charge in [-0.3, -0.25) is 14.4 Å². The van der Waals surface area contributed by atoms with Crippen LogP contribution < -0.4 is 15.4 Å². The summed E-state index contributed by atoms with van der Waals surface area (Å²) in [7, 11) is 1.53. The molecule has 0 aliphatic carbocycles. The molecule has 0 aromatic heterocycles. The van der Waals surface area contributed by atoms with Crippen LogP contribution in [0, 0.1) is 5.92 Å². The fraction of sp³-hybridized carbons (Fsp3) is 0.320. The minimum Gasteiger partial charge on any atom is -0.497 e. The Morgan fingerprint density at radius 3 is 2.44 bits per heavy atom. The Balaban J connectivity index is 1.69. The third kappa shape index (κ3) is 5.75. The number of carbonyl (C=O) groups excluding carboxylic acids is 3. The Kier molecular flexibility index (Phi) is 8.02. The number of nitrogens with zero attached hydrogens (tertiary/aromatic N) is 1. The van der Waals surface area contributed by atoms with Crippen molar-refractivity contribution in [3.63, 3.8) is 0 Å². The van der Waals surface area contributed by atoms with E-state index >= 15 is 0 Å². The summed E-state index contributed by atoms with van der Waals surface area (Å²) in [6.45, 7) is 5.00. The number of rotatable bonds is 8. The zero-order chi connectivity index (χ0) is 22.9. The molecule has 2 aromatic carbocycles. The summed E-state index contributed by atoms with van der Waals surface area (Å²) in [4.78, 5) is 40.2. The van der Waals surface area contributed by atoms with E-state index in [1.54, 1.807) is 47.4 Å². The summed E-state index contributed by atoms with van der Waals surface area (Å²) in [5.41, 5.74) is 1.07. The van der Waals surface area contributed by atoms with E-state index in [0.29, 0.717) is 49.4 Å². The Morgan fingerprint density at radius 2 is 1.78 bits per heavy atom. The third-order valence-electron chi connectivity index (χ3n) is 5.64. The number of piperidine rings is 1. The predicted molar refractivity (Wildman–Crippen MR) is 123 cm³/mol. The number of methoxy groups -OCH3 is 1. The van der Waals surface area contributed by atoms with E-state index in [1.807, 2.05) is 18.2 Å². The first kappa shape index (κ1) is 23.1. The van der Waals surface area contributed by atoms with Crippen molar-refractivity contribution in [2.75, 3.05) is 26.7 Å². The van der Waals surface area contributed by atoms with Crippen LogP contribution in [0.2, 0.25) is 0 Å². The van der Waals surface area contributed by atoms with Gasteiger partial charge in [0.15, 0.2) is 0 Å². The molecule has 1 atom stereocenters. The molecule has 0 spiro atoms. The van der Waals surface area contributed by atoms with Gasteiger partial charge in [0.05, 0.1) is 7.11 Å². The van der Waals surface area contributed by atoms with E-state index < -0.39 is 6.04 Å². The van der Waals surface area contributed by atoms with Gasteiger partial charge in [-0.1, -0.05) is 30.3 Å². The van der Waals surface area contributed by atoms with E-state index in [4.69, 9.17) is 4.74 Å². The number of benzene rings is 2. The molecule has 7 nitrogen and oxygen atoms in total. The molecule has 1 aliphatic rings. The van der Waals surface area contributed by atoms with Crippen molar-refractivity contribution in [3.8, 4) is 5.75 Å². The molecule has 0 saturated carbocycles. The van der Waals surface area contributed by atoms with Gasteiger partial charge in [-0.2, -0.15) is 0 Å². The molecule has 2 N–H and O–H groups in total. The maximum atomic E-state index is 12.9. The van der Waals surface area contributed by atoms with Crippen LogP contribution in [0.4, 0.5) is 0 Å². The molecule has 168 valence electrons. The van der Waals surface area contributed by atoms with E-state index in [1.165, 1.54) is 7.11 Å². The minimum atomic E-state index is -0.706. The number of carbonyl (C=O) groups is 3. The van der Waals surface area contributed by atoms with Crippen LogP contribution in [-0.4, -0.2) is 55.4 Å². The van der Waals surface area contributed by atoms with Gasteiger partial charge in [-0.05, 0) is 49.1 Å². The molecular weight excluding hydrogens is 406 g/mol. The van der Waals surface area contributed by atoms with Crippen molar-refractivity contribution in [2.24, 2.45) is 5.92 Å². The summed E-state index contributed by atoms with van der Waals surface area (Å²) in [6.07, 6.45) is 2.83. The van der Waals surface area contributed by atoms with Gasteiger partial charge in [0.25, 0.3) is 11.8 Å². The monoisotopic (exact) mass is 435 g/mol. The number of hydrogen-bond acceptors (Lipinski definition) is 4. The van der Waals surface area contributed by atoms with E-state index in [9.17, 15) is 14.4 Å². The zero-order valence-electron chi connectivity index (χ0n) is 18.3. The fourth-order valence-corrected chi connectivity index (χ4v) is 3.87. The highest BCUT2D eigenvalue weighted by molar-refractivity contribution is 5.98. The van der Waals surface area contributed by atoms with E-state index in [0.717, 1.165) is 0 Å². The summed E-state index contributed by atoms with van der Waals surface area (Å²) in [6, 6.07) is 15.2. The van der Waals surface area contributed by atoms with Crippen LogP contribution in [-0.2, 0) is 4.79 Å². The first-order chi connectivity index (χ1) is 15.5. The highest BCUT2D eigenvalue weighted by atomic mass is 16.5. The van der Waals surface area contributed by atoms with Gasteiger partial charge in [-0.25, -0.2) is 0 Å². The molecule has 0 unspecified atom stereocenters. The zero-order valence-corrected chi connectivity index (χ0v) is 18.3. The average molecular weight is 436 g/mol. The lowest BCUT2D eigenvalue weighted by atomic mass is 9.88. The first-order valence-electron chi connectivity index (χ1n) is 10.7. The van der Waals surface area contributed by atoms with Crippen LogP contribution in [0.3, 0.4) is 0 Å². The van der Waals surface area contributed by atoms with Crippen LogP contribution >= 0.6 is 0 Å². The summed E-state index contributed by atoms with van der Waals surface area (Å²) in [5, 5.41) is 5.69. The van der Waals surface area contributed by atoms with Crippen LogP contribution in [0.1, 0.15) is 33.6 Å². The van der Waals surface area contributed by atoms with E-state index in [-0.39, 0.29) is 23.6 Å². The van der Waals surface area contributed by atoms with Gasteiger partial charge >= 0.3 is 0 Å². The molecule has 3 rings (SSSR count). The standard InChI is InChI=1S/C25H29N3O4/c1-3-14-26-24(30)22(27-23(29)20-10-7-11-21(17-20)32-2)18-12-15-28(16-13-18)25(31)19-8-5-4-6-9-19/h3-11,17-18,22H,1,12-16H2,2H3,(H,26,30)(H,27,29)/t22-/m1/s1. The van der Waals surface area contributed by atoms with Crippen LogP contribution in [0.25, 0.3) is 0 Å². The lowest BCUT2D eigenvalue weighted by Crippen LogP contribution is -2.53. The second kappa shape index (κ2) is 11.1. The molecule has 1 heterocycles. The largest absolute Gasteiger partial charge is 0.497 e. The molecule has 1 fully saturated rings.